The van der Waals surface area contributed by atoms with E-state index in [1.807, 2.05) is 48.5 Å². The molecule has 1 N–H and O–H groups in total. The van der Waals surface area contributed by atoms with Gasteiger partial charge in [0.25, 0.3) is 0 Å². The molecule has 2 aliphatic heterocycles. The monoisotopic (exact) mass is 477 g/mol. The van der Waals surface area contributed by atoms with Crippen molar-refractivity contribution < 1.29 is 14.3 Å². The number of rotatable bonds is 7. The predicted octanol–water partition coefficient (Wildman–Crippen LogP) is 3.32. The van der Waals surface area contributed by atoms with Gasteiger partial charge in [0.05, 0.1) is 42.4 Å². The van der Waals surface area contributed by atoms with Crippen molar-refractivity contribution in [3.8, 4) is 0 Å². The van der Waals surface area contributed by atoms with E-state index in [1.54, 1.807) is 4.90 Å². The van der Waals surface area contributed by atoms with E-state index in [-0.39, 0.29) is 17.6 Å². The molecule has 8 nitrogen and oxygen atoms in total. The minimum atomic E-state index is -0.137. The van der Waals surface area contributed by atoms with E-state index in [2.05, 4.69) is 10.2 Å². The summed E-state index contributed by atoms with van der Waals surface area (Å²) in [5, 5.41) is 4.72. The van der Waals surface area contributed by atoms with Crippen molar-refractivity contribution in [1.29, 1.82) is 0 Å². The highest BCUT2D eigenvalue weighted by Gasteiger charge is 2.24. The Kier molecular flexibility index (Phi) is 7.03. The molecule has 2 fully saturated rings. The fourth-order valence-electron chi connectivity index (χ4n) is 4.27. The van der Waals surface area contributed by atoms with Gasteiger partial charge in [-0.15, -0.1) is 0 Å². The minimum absolute atomic E-state index is 0.0938. The van der Waals surface area contributed by atoms with Crippen LogP contribution in [0, 0.1) is 0 Å². The van der Waals surface area contributed by atoms with Gasteiger partial charge in [0.1, 0.15) is 10.9 Å². The standard InChI is InChI=1S/C25H27N5O3S/c31-23(27-20-8-3-4-9-21(20)30-11-5-10-24(30)32)17-34-25-18-6-1-2-7-19(18)26-22(28-25)16-29-12-14-33-15-13-29/h1-4,6-9H,5,10-17H2,(H,27,31). The number of morpholine rings is 1. The van der Waals surface area contributed by atoms with Crippen LogP contribution in [0.5, 0.6) is 0 Å². The largest absolute Gasteiger partial charge is 0.379 e. The molecule has 0 unspecified atom stereocenters. The number of anilines is 2. The summed E-state index contributed by atoms with van der Waals surface area (Å²) in [7, 11) is 0. The molecule has 0 radical (unpaired) electrons. The molecule has 2 amide bonds. The molecule has 176 valence electrons. The number of aromatic nitrogens is 2. The Morgan fingerprint density at radius 1 is 1.03 bits per heavy atom. The number of fused-ring (bicyclic) bond motifs is 1. The van der Waals surface area contributed by atoms with Crippen LogP contribution in [0.1, 0.15) is 18.7 Å². The molecule has 1 aromatic heterocycles. The van der Waals surface area contributed by atoms with Gasteiger partial charge in [-0.1, -0.05) is 42.1 Å². The summed E-state index contributed by atoms with van der Waals surface area (Å²) in [6.45, 7) is 4.50. The van der Waals surface area contributed by atoms with Crippen LogP contribution in [-0.2, 0) is 20.9 Å². The van der Waals surface area contributed by atoms with Crippen molar-refractivity contribution in [3.63, 3.8) is 0 Å². The molecule has 34 heavy (non-hydrogen) atoms. The fraction of sp³-hybridized carbons (Fsp3) is 0.360. The number of ether oxygens (including phenoxy) is 1. The Hall–Kier alpha value is -3.01. The summed E-state index contributed by atoms with van der Waals surface area (Å²) in [5.41, 5.74) is 2.29. The lowest BCUT2D eigenvalue weighted by molar-refractivity contribution is -0.117. The van der Waals surface area contributed by atoms with Crippen LogP contribution in [-0.4, -0.2) is 65.3 Å². The van der Waals surface area contributed by atoms with Crippen LogP contribution in [0.4, 0.5) is 11.4 Å². The lowest BCUT2D eigenvalue weighted by atomic mass is 10.2. The number of thioether (sulfide) groups is 1. The summed E-state index contributed by atoms with van der Waals surface area (Å²) in [6, 6.07) is 15.4. The molecular weight excluding hydrogens is 450 g/mol. The van der Waals surface area contributed by atoms with Crippen LogP contribution >= 0.6 is 11.8 Å². The molecule has 0 atom stereocenters. The van der Waals surface area contributed by atoms with E-state index in [1.165, 1.54) is 11.8 Å². The average molecular weight is 478 g/mol. The minimum Gasteiger partial charge on any atom is -0.379 e. The second kappa shape index (κ2) is 10.5. The van der Waals surface area contributed by atoms with Gasteiger partial charge in [-0.05, 0) is 24.6 Å². The Balaban J connectivity index is 1.30. The highest BCUT2D eigenvalue weighted by atomic mass is 32.2. The van der Waals surface area contributed by atoms with Gasteiger partial charge in [-0.25, -0.2) is 9.97 Å². The maximum absolute atomic E-state index is 12.9. The van der Waals surface area contributed by atoms with Crippen molar-refractivity contribution in [2.75, 3.05) is 48.8 Å². The van der Waals surface area contributed by atoms with Crippen LogP contribution in [0.25, 0.3) is 10.9 Å². The van der Waals surface area contributed by atoms with E-state index < -0.39 is 0 Å². The smallest absolute Gasteiger partial charge is 0.234 e. The molecule has 2 aliphatic rings. The van der Waals surface area contributed by atoms with E-state index in [4.69, 9.17) is 14.7 Å². The van der Waals surface area contributed by atoms with E-state index in [9.17, 15) is 9.59 Å². The molecule has 0 spiro atoms. The maximum atomic E-state index is 12.9. The van der Waals surface area contributed by atoms with Crippen molar-refractivity contribution in [3.05, 3.63) is 54.4 Å². The first-order chi connectivity index (χ1) is 16.7. The van der Waals surface area contributed by atoms with Crippen molar-refractivity contribution >= 4 is 45.9 Å². The number of hydrogen-bond donors (Lipinski definition) is 1. The SMILES string of the molecule is O=C(CSc1nc(CN2CCOCC2)nc2ccccc12)Nc1ccccc1N1CCCC1=O. The maximum Gasteiger partial charge on any atom is 0.234 e. The normalized spacial score (nSPS) is 16.8. The van der Waals surface area contributed by atoms with Crippen LogP contribution in [0.2, 0.25) is 0 Å². The molecule has 0 bridgehead atoms. The van der Waals surface area contributed by atoms with Crippen LogP contribution in [0.3, 0.4) is 0 Å². The summed E-state index contributed by atoms with van der Waals surface area (Å²) in [6.07, 6.45) is 1.39. The van der Waals surface area contributed by atoms with Gasteiger partial charge in [-0.3, -0.25) is 14.5 Å². The molecule has 9 heteroatoms. The number of amides is 2. The van der Waals surface area contributed by atoms with Gasteiger partial charge >= 0.3 is 0 Å². The van der Waals surface area contributed by atoms with E-state index in [0.29, 0.717) is 25.2 Å². The fourth-order valence-corrected chi connectivity index (χ4v) is 5.11. The van der Waals surface area contributed by atoms with Gasteiger partial charge in [0.2, 0.25) is 11.8 Å². The zero-order chi connectivity index (χ0) is 23.3. The van der Waals surface area contributed by atoms with E-state index >= 15 is 0 Å². The zero-order valence-corrected chi connectivity index (χ0v) is 19.7. The highest BCUT2D eigenvalue weighted by Crippen LogP contribution is 2.30. The quantitative estimate of drug-likeness (QED) is 0.413. The number of carbonyl (C=O) groups excluding carboxylic acids is 2. The van der Waals surface area contributed by atoms with Crippen molar-refractivity contribution in [1.82, 2.24) is 14.9 Å². The summed E-state index contributed by atoms with van der Waals surface area (Å²) in [4.78, 5) is 38.7. The molecule has 0 saturated carbocycles. The van der Waals surface area contributed by atoms with E-state index in [0.717, 1.165) is 60.2 Å². The number of carbonyl (C=O) groups is 2. The van der Waals surface area contributed by atoms with Gasteiger partial charge in [0, 0.05) is 31.4 Å². The number of nitrogens with zero attached hydrogens (tertiary/aromatic N) is 4. The average Bonchev–Trinajstić information content (AvgIpc) is 3.29. The number of hydrogen-bond acceptors (Lipinski definition) is 7. The van der Waals surface area contributed by atoms with Crippen LogP contribution in [0.15, 0.2) is 53.6 Å². The highest BCUT2D eigenvalue weighted by molar-refractivity contribution is 8.00. The molecule has 3 heterocycles. The van der Waals surface area contributed by atoms with Gasteiger partial charge in [-0.2, -0.15) is 0 Å². The Bertz CT molecular complexity index is 1200. The topological polar surface area (TPSA) is 87.7 Å². The molecule has 2 saturated heterocycles. The Morgan fingerprint density at radius 2 is 1.82 bits per heavy atom. The zero-order valence-electron chi connectivity index (χ0n) is 18.9. The van der Waals surface area contributed by atoms with Crippen molar-refractivity contribution in [2.24, 2.45) is 0 Å². The first-order valence-electron chi connectivity index (χ1n) is 11.6. The Morgan fingerprint density at radius 3 is 2.65 bits per heavy atom. The number of benzene rings is 2. The van der Waals surface area contributed by atoms with Gasteiger partial charge < -0.3 is 15.0 Å². The van der Waals surface area contributed by atoms with Crippen LogP contribution < -0.4 is 10.2 Å². The molecule has 5 rings (SSSR count). The first kappa shape index (κ1) is 22.8. The lowest BCUT2D eigenvalue weighted by Gasteiger charge is -2.25. The second-order valence-corrected chi connectivity index (χ2v) is 9.32. The number of para-hydroxylation sites is 3. The number of nitrogens with one attached hydrogen (secondary N) is 1. The van der Waals surface area contributed by atoms with Gasteiger partial charge in [0.15, 0.2) is 0 Å². The second-order valence-electron chi connectivity index (χ2n) is 8.35. The van der Waals surface area contributed by atoms with Crippen molar-refractivity contribution in [2.45, 2.75) is 24.4 Å². The third kappa shape index (κ3) is 5.22. The molecular formula is C25H27N5O3S. The predicted molar refractivity (Wildman–Crippen MR) is 133 cm³/mol. The molecule has 3 aromatic rings. The summed E-state index contributed by atoms with van der Waals surface area (Å²) < 4.78 is 5.44. The summed E-state index contributed by atoms with van der Waals surface area (Å²) in [5.74, 6) is 0.916. The molecule has 2 aromatic carbocycles. The Labute approximate surface area is 202 Å². The third-order valence-corrected chi connectivity index (χ3v) is 6.96. The molecule has 0 aliphatic carbocycles. The summed E-state index contributed by atoms with van der Waals surface area (Å²) >= 11 is 1.41. The first-order valence-corrected chi connectivity index (χ1v) is 12.5. The lowest BCUT2D eigenvalue weighted by Crippen LogP contribution is -2.36. The third-order valence-electron chi connectivity index (χ3n) is 5.97.